The van der Waals surface area contributed by atoms with Crippen molar-refractivity contribution in [3.63, 3.8) is 0 Å². The van der Waals surface area contributed by atoms with E-state index >= 15 is 0 Å². The van der Waals surface area contributed by atoms with Gasteiger partial charge in [-0.25, -0.2) is 0 Å². The Labute approximate surface area is 162 Å². The molecule has 2 aromatic heterocycles. The van der Waals surface area contributed by atoms with E-state index in [1.54, 1.807) is 12.2 Å². The van der Waals surface area contributed by atoms with Gasteiger partial charge in [-0.05, 0) is 35.4 Å². The largest absolute Gasteiger partial charge is 0.416 e. The number of hydrogen-bond acceptors (Lipinski definition) is 3. The smallest absolute Gasteiger partial charge is 0.284 e. The van der Waals surface area contributed by atoms with Crippen LogP contribution in [0, 0.1) is 0 Å². The average Bonchev–Trinajstić information content (AvgIpc) is 3.16. The zero-order valence-electron chi connectivity index (χ0n) is 16.1. The first kappa shape index (κ1) is 20.1. The van der Waals surface area contributed by atoms with Crippen molar-refractivity contribution in [3.8, 4) is 5.95 Å². The molecule has 3 aromatic rings. The summed E-state index contributed by atoms with van der Waals surface area (Å²) in [4.78, 5) is 1.40. The van der Waals surface area contributed by atoms with Crippen molar-refractivity contribution in [1.82, 2.24) is 24.8 Å². The van der Waals surface area contributed by atoms with Gasteiger partial charge in [0.25, 0.3) is 5.95 Å². The summed E-state index contributed by atoms with van der Waals surface area (Å²) in [5.74, 6) is 0.347. The van der Waals surface area contributed by atoms with E-state index in [1.165, 1.54) is 16.9 Å². The lowest BCUT2D eigenvalue weighted by Crippen LogP contribution is -2.44. The number of halogens is 3. The summed E-state index contributed by atoms with van der Waals surface area (Å²) in [6.45, 7) is 14.3. The summed E-state index contributed by atoms with van der Waals surface area (Å²) in [5.41, 5.74) is 0.809. The van der Waals surface area contributed by atoms with Crippen molar-refractivity contribution >= 4 is 24.3 Å². The topological polar surface area (TPSA) is 48.5 Å². The van der Waals surface area contributed by atoms with Gasteiger partial charge < -0.3 is 0 Å². The number of hydrogen-bond donors (Lipinski definition) is 0. The van der Waals surface area contributed by atoms with E-state index in [9.17, 15) is 13.2 Å². The molecule has 1 aromatic carbocycles. The third-order valence-corrected chi connectivity index (χ3v) is 6.34. The summed E-state index contributed by atoms with van der Waals surface area (Å²) in [5, 5.41) is 14.1. The van der Waals surface area contributed by atoms with Crippen LogP contribution in [0.3, 0.4) is 0 Å². The van der Waals surface area contributed by atoms with Gasteiger partial charge in [-0.3, -0.25) is 4.57 Å². The minimum absolute atomic E-state index is 0.347. The van der Waals surface area contributed by atoms with Crippen LogP contribution in [0.4, 0.5) is 13.2 Å². The summed E-state index contributed by atoms with van der Waals surface area (Å²) < 4.78 is 41.8. The van der Waals surface area contributed by atoms with Gasteiger partial charge in [0.1, 0.15) is 0 Å². The third-order valence-electron chi connectivity index (χ3n) is 4.39. The van der Waals surface area contributed by atoms with Crippen LogP contribution in [0.1, 0.15) is 11.1 Å². The second-order valence-corrected chi connectivity index (χ2v) is 12.5. The number of benzene rings is 1. The lowest BCUT2D eigenvalue weighted by atomic mass is 10.1. The van der Waals surface area contributed by atoms with Crippen LogP contribution in [0.25, 0.3) is 16.9 Å². The predicted molar refractivity (Wildman–Crippen MR) is 107 cm³/mol. The minimum Gasteiger partial charge on any atom is -0.284 e. The molecular formula is C19H22F3N5Si. The Morgan fingerprint density at radius 1 is 1.14 bits per heavy atom. The summed E-state index contributed by atoms with van der Waals surface area (Å²) in [6, 6.07) is 3.80. The highest BCUT2D eigenvalue weighted by Crippen LogP contribution is 2.34. The van der Waals surface area contributed by atoms with Crippen LogP contribution >= 0.6 is 0 Å². The molecule has 9 heteroatoms. The fourth-order valence-electron chi connectivity index (χ4n) is 3.40. The number of fused-ring (bicyclic) bond motifs is 1. The maximum absolute atomic E-state index is 13.3. The lowest BCUT2D eigenvalue weighted by Gasteiger charge is -2.20. The molecule has 0 amide bonds. The number of tetrazole rings is 1. The molecule has 0 aliphatic heterocycles. The van der Waals surface area contributed by atoms with Crippen LogP contribution in [-0.4, -0.2) is 32.8 Å². The Kier molecular flexibility index (Phi) is 5.05. The van der Waals surface area contributed by atoms with Crippen molar-refractivity contribution in [2.45, 2.75) is 38.8 Å². The SMILES string of the molecule is C=CCc1c([Si](C)(C)C)n(-c2nnn(CC=C)n2)c2ccc(C(F)(F)F)cc12. The highest BCUT2D eigenvalue weighted by molar-refractivity contribution is 6.88. The number of alkyl halides is 3. The highest BCUT2D eigenvalue weighted by atomic mass is 28.3. The summed E-state index contributed by atoms with van der Waals surface area (Å²) in [7, 11) is -2.00. The molecule has 0 aliphatic carbocycles. The molecule has 0 aliphatic rings. The second kappa shape index (κ2) is 7.05. The molecule has 0 unspecified atom stereocenters. The van der Waals surface area contributed by atoms with Crippen molar-refractivity contribution in [2.75, 3.05) is 0 Å². The van der Waals surface area contributed by atoms with Crippen LogP contribution in [0.5, 0.6) is 0 Å². The van der Waals surface area contributed by atoms with E-state index in [1.807, 2.05) is 4.57 Å². The molecule has 0 saturated carbocycles. The molecule has 5 nitrogen and oxygen atoms in total. The monoisotopic (exact) mass is 405 g/mol. The van der Waals surface area contributed by atoms with E-state index in [0.717, 1.165) is 16.9 Å². The molecule has 28 heavy (non-hydrogen) atoms. The summed E-state index contributed by atoms with van der Waals surface area (Å²) >= 11 is 0. The zero-order chi connectivity index (χ0) is 20.7. The molecule has 0 radical (unpaired) electrons. The van der Waals surface area contributed by atoms with Gasteiger partial charge in [0.15, 0.2) is 0 Å². The summed E-state index contributed by atoms with van der Waals surface area (Å²) in [6.07, 6.45) is -0.583. The Bertz CT molecular complexity index is 1040. The maximum Gasteiger partial charge on any atom is 0.416 e. The molecule has 0 N–H and O–H groups in total. The average molecular weight is 406 g/mol. The van der Waals surface area contributed by atoms with E-state index in [0.29, 0.717) is 29.8 Å². The normalized spacial score (nSPS) is 12.5. The first-order chi connectivity index (χ1) is 13.1. The zero-order valence-corrected chi connectivity index (χ0v) is 17.1. The Hall–Kier alpha value is -2.68. The fraction of sp³-hybridized carbons (Fsp3) is 0.316. The van der Waals surface area contributed by atoms with E-state index < -0.39 is 19.8 Å². The van der Waals surface area contributed by atoms with Crippen LogP contribution in [-0.2, 0) is 19.1 Å². The van der Waals surface area contributed by atoms with Crippen molar-refractivity contribution in [3.05, 3.63) is 54.6 Å². The van der Waals surface area contributed by atoms with Gasteiger partial charge in [0, 0.05) is 10.7 Å². The Morgan fingerprint density at radius 3 is 2.43 bits per heavy atom. The fourth-order valence-corrected chi connectivity index (χ4v) is 5.43. The van der Waals surface area contributed by atoms with Crippen molar-refractivity contribution in [2.24, 2.45) is 0 Å². The molecule has 2 heterocycles. The molecule has 0 saturated heterocycles. The molecule has 0 bridgehead atoms. The molecular weight excluding hydrogens is 383 g/mol. The second-order valence-electron chi connectivity index (χ2n) is 7.57. The van der Waals surface area contributed by atoms with E-state index in [4.69, 9.17) is 0 Å². The van der Waals surface area contributed by atoms with Crippen molar-refractivity contribution in [1.29, 1.82) is 0 Å². The molecule has 148 valence electrons. The number of aromatic nitrogens is 5. The first-order valence-electron chi connectivity index (χ1n) is 8.83. The van der Waals surface area contributed by atoms with Gasteiger partial charge >= 0.3 is 6.18 Å². The number of rotatable bonds is 6. The van der Waals surface area contributed by atoms with Crippen LogP contribution in [0.15, 0.2) is 43.5 Å². The van der Waals surface area contributed by atoms with Crippen LogP contribution in [0.2, 0.25) is 19.6 Å². The van der Waals surface area contributed by atoms with Gasteiger partial charge in [0.2, 0.25) is 0 Å². The molecule has 0 fully saturated rings. The van der Waals surface area contributed by atoms with E-state index in [-0.39, 0.29) is 0 Å². The van der Waals surface area contributed by atoms with Gasteiger partial charge in [-0.1, -0.05) is 36.9 Å². The molecule has 0 atom stereocenters. The van der Waals surface area contributed by atoms with Gasteiger partial charge in [-0.2, -0.15) is 18.0 Å². The third kappa shape index (κ3) is 3.53. The molecule has 0 spiro atoms. The Morgan fingerprint density at radius 2 is 1.86 bits per heavy atom. The number of nitrogens with zero attached hydrogens (tertiary/aromatic N) is 5. The first-order valence-corrected chi connectivity index (χ1v) is 12.3. The van der Waals surface area contributed by atoms with Crippen molar-refractivity contribution < 1.29 is 13.2 Å². The molecule has 3 rings (SSSR count). The van der Waals surface area contributed by atoms with E-state index in [2.05, 4.69) is 48.2 Å². The highest BCUT2D eigenvalue weighted by Gasteiger charge is 2.34. The number of allylic oxidation sites excluding steroid dienone is 2. The predicted octanol–water partition coefficient (Wildman–Crippen LogP) is 4.10. The standard InChI is InChI=1S/C19H22F3N5Si/c1-6-8-14-15-12-13(19(20,21)22)9-10-16(15)27(17(14)28(3,4)5)18-23-25-26(24-18)11-7-2/h6-7,9-10,12H,1-2,8,11H2,3-5H3. The quantitative estimate of drug-likeness (QED) is 0.458. The van der Waals surface area contributed by atoms with Gasteiger partial charge in [-0.15, -0.1) is 18.3 Å². The van der Waals surface area contributed by atoms with Crippen LogP contribution < -0.4 is 5.32 Å². The van der Waals surface area contributed by atoms with Gasteiger partial charge in [0.05, 0.1) is 25.7 Å². The lowest BCUT2D eigenvalue weighted by molar-refractivity contribution is -0.137. The maximum atomic E-state index is 13.3. The minimum atomic E-state index is -4.41. The Balaban J connectivity index is 2.40.